The Kier molecular flexibility index (Phi) is 3.25. The van der Waals surface area contributed by atoms with Gasteiger partial charge in [0.15, 0.2) is 0 Å². The lowest BCUT2D eigenvalue weighted by molar-refractivity contribution is 0.597. The van der Waals surface area contributed by atoms with Crippen molar-refractivity contribution < 1.29 is 8.42 Å². The first-order valence-corrected chi connectivity index (χ1v) is 7.53. The predicted octanol–water partition coefficient (Wildman–Crippen LogP) is 1.44. The van der Waals surface area contributed by atoms with Gasteiger partial charge in [0.05, 0.1) is 4.90 Å². The molecule has 1 aromatic carbocycles. The first-order valence-electron chi connectivity index (χ1n) is 5.98. The Morgan fingerprint density at radius 1 is 1.39 bits per heavy atom. The van der Waals surface area contributed by atoms with E-state index in [-0.39, 0.29) is 4.90 Å². The highest BCUT2D eigenvalue weighted by atomic mass is 32.2. The van der Waals surface area contributed by atoms with E-state index in [2.05, 4.69) is 12.2 Å². The summed E-state index contributed by atoms with van der Waals surface area (Å²) in [7, 11) is -3.74. The molecule has 1 saturated carbocycles. The second-order valence-corrected chi connectivity index (χ2v) is 6.54. The van der Waals surface area contributed by atoms with Crippen molar-refractivity contribution in [2.75, 3.05) is 11.1 Å². The summed E-state index contributed by atoms with van der Waals surface area (Å²) < 4.78 is 23.0. The standard InChI is InChI=1S/C12H19N3O2S/c1-7-11(15-8(2)9-3-4-9)5-10(13)6-12(7)18(14,16)17/h5-6,8-9,15H,3-4,13H2,1-2H3,(H2,14,16,17). The Bertz CT molecular complexity index is 565. The average molecular weight is 269 g/mol. The Balaban J connectivity index is 2.38. The van der Waals surface area contributed by atoms with Crippen LogP contribution in [0, 0.1) is 12.8 Å². The van der Waals surface area contributed by atoms with Gasteiger partial charge in [-0.3, -0.25) is 0 Å². The lowest BCUT2D eigenvalue weighted by Crippen LogP contribution is -2.20. The van der Waals surface area contributed by atoms with Crippen LogP contribution in [0.25, 0.3) is 0 Å². The van der Waals surface area contributed by atoms with Gasteiger partial charge in [-0.1, -0.05) is 0 Å². The average Bonchev–Trinajstić information content (AvgIpc) is 3.04. The molecule has 18 heavy (non-hydrogen) atoms. The summed E-state index contributed by atoms with van der Waals surface area (Å²) in [5.41, 5.74) is 7.50. The zero-order valence-corrected chi connectivity index (χ0v) is 11.4. The molecule has 0 aromatic heterocycles. The van der Waals surface area contributed by atoms with Crippen LogP contribution in [0.2, 0.25) is 0 Å². The van der Waals surface area contributed by atoms with Crippen LogP contribution in [0.15, 0.2) is 17.0 Å². The number of hydrogen-bond acceptors (Lipinski definition) is 4. The van der Waals surface area contributed by atoms with Gasteiger partial charge in [-0.25, -0.2) is 13.6 Å². The van der Waals surface area contributed by atoms with E-state index in [1.165, 1.54) is 18.9 Å². The van der Waals surface area contributed by atoms with E-state index in [1.54, 1.807) is 13.0 Å². The number of hydrogen-bond donors (Lipinski definition) is 3. The molecule has 2 rings (SSSR count). The number of nitrogen functional groups attached to an aromatic ring is 1. The van der Waals surface area contributed by atoms with E-state index >= 15 is 0 Å². The molecule has 1 unspecified atom stereocenters. The molecular formula is C12H19N3O2S. The van der Waals surface area contributed by atoms with E-state index in [0.29, 0.717) is 23.2 Å². The largest absolute Gasteiger partial charge is 0.399 e. The number of rotatable bonds is 4. The van der Waals surface area contributed by atoms with Crippen LogP contribution < -0.4 is 16.2 Å². The molecule has 1 fully saturated rings. The van der Waals surface area contributed by atoms with Gasteiger partial charge < -0.3 is 11.1 Å². The molecule has 0 bridgehead atoms. The monoisotopic (exact) mass is 269 g/mol. The smallest absolute Gasteiger partial charge is 0.238 e. The third-order valence-electron chi connectivity index (χ3n) is 3.40. The summed E-state index contributed by atoms with van der Waals surface area (Å²) in [6.45, 7) is 3.83. The van der Waals surface area contributed by atoms with Gasteiger partial charge in [0.1, 0.15) is 0 Å². The summed E-state index contributed by atoms with van der Waals surface area (Å²) in [5.74, 6) is 0.670. The zero-order valence-electron chi connectivity index (χ0n) is 10.6. The molecule has 0 saturated heterocycles. The maximum atomic E-state index is 11.5. The maximum absolute atomic E-state index is 11.5. The van der Waals surface area contributed by atoms with Gasteiger partial charge >= 0.3 is 0 Å². The van der Waals surface area contributed by atoms with Crippen LogP contribution in [0.1, 0.15) is 25.3 Å². The molecule has 1 aliphatic carbocycles. The van der Waals surface area contributed by atoms with Crippen molar-refractivity contribution in [3.63, 3.8) is 0 Å². The van der Waals surface area contributed by atoms with Crippen molar-refractivity contribution >= 4 is 21.4 Å². The normalized spacial score (nSPS) is 17.5. The molecule has 100 valence electrons. The molecule has 0 heterocycles. The topological polar surface area (TPSA) is 98.2 Å². The van der Waals surface area contributed by atoms with Crippen molar-refractivity contribution in [3.05, 3.63) is 17.7 Å². The van der Waals surface area contributed by atoms with Crippen LogP contribution in [-0.4, -0.2) is 14.5 Å². The maximum Gasteiger partial charge on any atom is 0.238 e. The third kappa shape index (κ3) is 2.76. The lowest BCUT2D eigenvalue weighted by atomic mass is 10.1. The van der Waals surface area contributed by atoms with Gasteiger partial charge in [0, 0.05) is 17.4 Å². The third-order valence-corrected chi connectivity index (χ3v) is 4.44. The van der Waals surface area contributed by atoms with Crippen LogP contribution in [0.3, 0.4) is 0 Å². The van der Waals surface area contributed by atoms with Crippen LogP contribution in [0.4, 0.5) is 11.4 Å². The number of anilines is 2. The fraction of sp³-hybridized carbons (Fsp3) is 0.500. The number of nitrogens with one attached hydrogen (secondary N) is 1. The molecule has 0 aliphatic heterocycles. The van der Waals surface area contributed by atoms with Gasteiger partial charge in [0.2, 0.25) is 10.0 Å². The minimum absolute atomic E-state index is 0.0907. The second kappa shape index (κ2) is 4.44. The molecular weight excluding hydrogens is 250 g/mol. The first-order chi connectivity index (χ1) is 8.29. The van der Waals surface area contributed by atoms with Gasteiger partial charge in [-0.2, -0.15) is 0 Å². The number of sulfonamides is 1. The Labute approximate surface area is 108 Å². The second-order valence-electron chi connectivity index (χ2n) is 5.01. The number of nitrogens with two attached hydrogens (primary N) is 2. The minimum Gasteiger partial charge on any atom is -0.399 e. The molecule has 1 aromatic rings. The van der Waals surface area contributed by atoms with E-state index in [1.807, 2.05) is 0 Å². The van der Waals surface area contributed by atoms with Crippen LogP contribution in [0.5, 0.6) is 0 Å². The summed E-state index contributed by atoms with van der Waals surface area (Å²) >= 11 is 0. The SMILES string of the molecule is Cc1c(NC(C)C2CC2)cc(N)cc1S(N)(=O)=O. The molecule has 5 N–H and O–H groups in total. The van der Waals surface area contributed by atoms with Crippen molar-refractivity contribution in [3.8, 4) is 0 Å². The molecule has 1 atom stereocenters. The Hall–Kier alpha value is -1.27. The first kappa shape index (κ1) is 13.2. The fourth-order valence-electron chi connectivity index (χ4n) is 2.11. The minimum atomic E-state index is -3.74. The molecule has 6 heteroatoms. The number of benzene rings is 1. The highest BCUT2D eigenvalue weighted by Gasteiger charge is 2.28. The highest BCUT2D eigenvalue weighted by Crippen LogP contribution is 2.35. The van der Waals surface area contributed by atoms with Crippen molar-refractivity contribution in [1.82, 2.24) is 0 Å². The molecule has 5 nitrogen and oxygen atoms in total. The predicted molar refractivity (Wildman–Crippen MR) is 72.8 cm³/mol. The summed E-state index contributed by atoms with van der Waals surface area (Å²) in [6, 6.07) is 3.47. The van der Waals surface area contributed by atoms with Gasteiger partial charge in [-0.15, -0.1) is 0 Å². The van der Waals surface area contributed by atoms with Crippen molar-refractivity contribution in [1.29, 1.82) is 0 Å². The number of primary sulfonamides is 1. The summed E-state index contributed by atoms with van der Waals surface area (Å²) in [6.07, 6.45) is 2.44. The van der Waals surface area contributed by atoms with Crippen molar-refractivity contribution in [2.24, 2.45) is 11.1 Å². The zero-order chi connectivity index (χ0) is 13.5. The quantitative estimate of drug-likeness (QED) is 0.720. The molecule has 0 amide bonds. The van der Waals surface area contributed by atoms with E-state index < -0.39 is 10.0 Å². The highest BCUT2D eigenvalue weighted by molar-refractivity contribution is 7.89. The molecule has 1 aliphatic rings. The summed E-state index contributed by atoms with van der Waals surface area (Å²) in [4.78, 5) is 0.0907. The molecule has 0 spiro atoms. The van der Waals surface area contributed by atoms with E-state index in [4.69, 9.17) is 10.9 Å². The van der Waals surface area contributed by atoms with Crippen molar-refractivity contribution in [2.45, 2.75) is 37.6 Å². The molecule has 0 radical (unpaired) electrons. The van der Waals surface area contributed by atoms with Crippen LogP contribution >= 0.6 is 0 Å². The Morgan fingerprint density at radius 2 is 2.00 bits per heavy atom. The lowest BCUT2D eigenvalue weighted by Gasteiger charge is -2.18. The fourth-order valence-corrected chi connectivity index (χ4v) is 2.95. The summed E-state index contributed by atoms with van der Waals surface area (Å²) in [5, 5.41) is 8.51. The van der Waals surface area contributed by atoms with Gasteiger partial charge in [0.25, 0.3) is 0 Å². The van der Waals surface area contributed by atoms with Gasteiger partial charge in [-0.05, 0) is 50.3 Å². The van der Waals surface area contributed by atoms with E-state index in [0.717, 1.165) is 5.69 Å². The van der Waals surface area contributed by atoms with E-state index in [9.17, 15) is 8.42 Å². The van der Waals surface area contributed by atoms with Crippen LogP contribution in [-0.2, 0) is 10.0 Å². The Morgan fingerprint density at radius 3 is 2.50 bits per heavy atom.